The van der Waals surface area contributed by atoms with E-state index < -0.39 is 5.25 Å². The predicted octanol–water partition coefficient (Wildman–Crippen LogP) is 4.14. The van der Waals surface area contributed by atoms with Crippen LogP contribution in [-0.4, -0.2) is 38.0 Å². The van der Waals surface area contributed by atoms with Crippen LogP contribution in [0.5, 0.6) is 5.75 Å². The maximum Gasteiger partial charge on any atom is 0.237 e. The van der Waals surface area contributed by atoms with Crippen LogP contribution in [0.2, 0.25) is 5.02 Å². The quantitative estimate of drug-likeness (QED) is 0.582. The van der Waals surface area contributed by atoms with Gasteiger partial charge in [-0.15, -0.1) is 10.2 Å². The Morgan fingerprint density at radius 2 is 2.04 bits per heavy atom. The van der Waals surface area contributed by atoms with Crippen molar-refractivity contribution in [2.24, 2.45) is 0 Å². The Labute approximate surface area is 172 Å². The Balaban J connectivity index is 1.76. The van der Waals surface area contributed by atoms with Gasteiger partial charge in [0.1, 0.15) is 5.75 Å². The van der Waals surface area contributed by atoms with Crippen LogP contribution in [0.1, 0.15) is 13.8 Å². The van der Waals surface area contributed by atoms with E-state index in [1.165, 1.54) is 11.8 Å². The number of carbonyl (C=O) groups excluding carboxylic acids is 1. The van der Waals surface area contributed by atoms with Gasteiger partial charge in [-0.1, -0.05) is 23.4 Å². The molecule has 0 fully saturated rings. The number of ether oxygens (including phenoxy) is 1. The maximum atomic E-state index is 12.7. The number of nitrogens with one attached hydrogen (secondary N) is 1. The molecular weight excluding hydrogens is 398 g/mol. The number of hydrogen-bond acceptors (Lipinski definition) is 6. The number of benzene rings is 1. The summed E-state index contributed by atoms with van der Waals surface area (Å²) in [5.41, 5.74) is 1.46. The largest absolute Gasteiger partial charge is 0.495 e. The fraction of sp³-hybridized carbons (Fsp3) is 0.263. The molecule has 0 radical (unpaired) electrons. The lowest BCUT2D eigenvalue weighted by Crippen LogP contribution is -2.23. The first kappa shape index (κ1) is 20.2. The molecule has 28 heavy (non-hydrogen) atoms. The zero-order valence-corrected chi connectivity index (χ0v) is 17.3. The van der Waals surface area contributed by atoms with Crippen LogP contribution in [0, 0.1) is 0 Å². The van der Waals surface area contributed by atoms with Gasteiger partial charge in [0, 0.05) is 29.5 Å². The maximum absolute atomic E-state index is 12.7. The van der Waals surface area contributed by atoms with Crippen molar-refractivity contribution in [2.45, 2.75) is 30.8 Å². The summed E-state index contributed by atoms with van der Waals surface area (Å²) in [6, 6.07) is 8.84. The van der Waals surface area contributed by atoms with E-state index in [0.717, 1.165) is 11.4 Å². The average Bonchev–Trinajstić information content (AvgIpc) is 3.11. The second-order valence-corrected chi connectivity index (χ2v) is 7.62. The monoisotopic (exact) mass is 417 g/mol. The van der Waals surface area contributed by atoms with Crippen molar-refractivity contribution >= 4 is 35.0 Å². The molecule has 0 bridgehead atoms. The summed E-state index contributed by atoms with van der Waals surface area (Å²) in [5.74, 6) is 1.12. The first-order valence-electron chi connectivity index (χ1n) is 8.68. The summed E-state index contributed by atoms with van der Waals surface area (Å²) in [6.45, 7) is 4.51. The van der Waals surface area contributed by atoms with Gasteiger partial charge in [0.2, 0.25) is 5.91 Å². The number of carbonyl (C=O) groups is 1. The highest BCUT2D eigenvalue weighted by Crippen LogP contribution is 2.30. The number of nitrogens with zero attached hydrogens (tertiary/aromatic N) is 4. The molecule has 1 atom stereocenters. The van der Waals surface area contributed by atoms with Crippen molar-refractivity contribution in [1.82, 2.24) is 19.7 Å². The van der Waals surface area contributed by atoms with Gasteiger partial charge in [-0.05, 0) is 44.2 Å². The van der Waals surface area contributed by atoms with Gasteiger partial charge in [0.15, 0.2) is 11.0 Å². The molecule has 1 amide bonds. The molecule has 3 aromatic rings. The van der Waals surface area contributed by atoms with Crippen LogP contribution >= 0.6 is 23.4 Å². The summed E-state index contributed by atoms with van der Waals surface area (Å²) in [5, 5.41) is 12.2. The zero-order valence-electron chi connectivity index (χ0n) is 15.7. The standard InChI is InChI=1S/C19H20ClN5O2S/c1-4-25-17(13-7-9-21-10-8-13)23-24-19(25)28-12(2)18(26)22-15-11-14(20)5-6-16(15)27-3/h5-12H,4H2,1-3H3,(H,22,26). The van der Waals surface area contributed by atoms with Crippen LogP contribution in [0.25, 0.3) is 11.4 Å². The van der Waals surface area contributed by atoms with E-state index in [9.17, 15) is 4.79 Å². The molecule has 0 aliphatic heterocycles. The highest BCUT2D eigenvalue weighted by molar-refractivity contribution is 8.00. The SMILES string of the molecule is CCn1c(SC(C)C(=O)Nc2cc(Cl)ccc2OC)nnc1-c1ccncc1. The number of aromatic nitrogens is 4. The molecule has 9 heteroatoms. The van der Waals surface area contributed by atoms with Crippen molar-refractivity contribution in [1.29, 1.82) is 0 Å². The number of thioether (sulfide) groups is 1. The summed E-state index contributed by atoms with van der Waals surface area (Å²) >= 11 is 7.37. The second kappa shape index (κ2) is 9.07. The fourth-order valence-electron chi connectivity index (χ4n) is 2.60. The number of halogens is 1. The summed E-state index contributed by atoms with van der Waals surface area (Å²) < 4.78 is 7.25. The van der Waals surface area contributed by atoms with Gasteiger partial charge in [-0.3, -0.25) is 9.78 Å². The molecule has 146 valence electrons. The number of rotatable bonds is 7. The minimum Gasteiger partial charge on any atom is -0.495 e. The van der Waals surface area contributed by atoms with Crippen molar-refractivity contribution in [2.75, 3.05) is 12.4 Å². The van der Waals surface area contributed by atoms with Gasteiger partial charge in [0.05, 0.1) is 18.0 Å². The number of pyridine rings is 1. The molecule has 1 N–H and O–H groups in total. The Kier molecular flexibility index (Phi) is 6.53. The van der Waals surface area contributed by atoms with Gasteiger partial charge in [-0.25, -0.2) is 0 Å². The minimum absolute atomic E-state index is 0.179. The molecule has 2 aromatic heterocycles. The van der Waals surface area contributed by atoms with E-state index in [-0.39, 0.29) is 5.91 Å². The van der Waals surface area contributed by atoms with Gasteiger partial charge >= 0.3 is 0 Å². The van der Waals surface area contributed by atoms with Crippen LogP contribution in [0.3, 0.4) is 0 Å². The van der Waals surface area contributed by atoms with Crippen LogP contribution in [-0.2, 0) is 11.3 Å². The lowest BCUT2D eigenvalue weighted by Gasteiger charge is -2.14. The lowest BCUT2D eigenvalue weighted by atomic mass is 10.2. The smallest absolute Gasteiger partial charge is 0.237 e. The zero-order chi connectivity index (χ0) is 20.1. The summed E-state index contributed by atoms with van der Waals surface area (Å²) in [6.07, 6.45) is 3.43. The van der Waals surface area contributed by atoms with Crippen LogP contribution < -0.4 is 10.1 Å². The van der Waals surface area contributed by atoms with E-state index >= 15 is 0 Å². The van der Waals surface area contributed by atoms with E-state index in [0.29, 0.717) is 28.2 Å². The molecule has 1 aromatic carbocycles. The highest BCUT2D eigenvalue weighted by Gasteiger charge is 2.21. The first-order chi connectivity index (χ1) is 13.5. The Morgan fingerprint density at radius 1 is 1.29 bits per heavy atom. The molecular formula is C19H20ClN5O2S. The fourth-order valence-corrected chi connectivity index (χ4v) is 3.68. The van der Waals surface area contributed by atoms with Gasteiger partial charge in [-0.2, -0.15) is 0 Å². The van der Waals surface area contributed by atoms with Crippen LogP contribution in [0.4, 0.5) is 5.69 Å². The van der Waals surface area contributed by atoms with Crippen molar-refractivity contribution in [3.63, 3.8) is 0 Å². The third-order valence-electron chi connectivity index (χ3n) is 4.04. The van der Waals surface area contributed by atoms with Crippen LogP contribution in [0.15, 0.2) is 47.9 Å². The average molecular weight is 418 g/mol. The highest BCUT2D eigenvalue weighted by atomic mass is 35.5. The number of hydrogen-bond donors (Lipinski definition) is 1. The topological polar surface area (TPSA) is 81.9 Å². The third kappa shape index (κ3) is 4.45. The number of amides is 1. The minimum atomic E-state index is -0.400. The van der Waals surface area contributed by atoms with Crippen molar-refractivity contribution in [3.8, 4) is 17.1 Å². The second-order valence-electron chi connectivity index (χ2n) is 5.88. The lowest BCUT2D eigenvalue weighted by molar-refractivity contribution is -0.115. The molecule has 1 unspecified atom stereocenters. The summed E-state index contributed by atoms with van der Waals surface area (Å²) in [4.78, 5) is 16.7. The third-order valence-corrected chi connectivity index (χ3v) is 5.36. The Hall–Kier alpha value is -2.58. The van der Waals surface area contributed by atoms with E-state index in [4.69, 9.17) is 16.3 Å². The normalized spacial score (nSPS) is 11.9. The molecule has 0 saturated carbocycles. The molecule has 0 spiro atoms. The molecule has 7 nitrogen and oxygen atoms in total. The van der Waals surface area contributed by atoms with Gasteiger partial charge in [0.25, 0.3) is 0 Å². The number of methoxy groups -OCH3 is 1. The molecule has 0 saturated heterocycles. The Morgan fingerprint density at radius 3 is 2.71 bits per heavy atom. The Bertz CT molecular complexity index is 964. The molecule has 0 aliphatic rings. The summed E-state index contributed by atoms with van der Waals surface area (Å²) in [7, 11) is 1.54. The predicted molar refractivity (Wildman–Crippen MR) is 111 cm³/mol. The molecule has 2 heterocycles. The van der Waals surface area contributed by atoms with E-state index in [2.05, 4.69) is 20.5 Å². The molecule has 0 aliphatic carbocycles. The number of anilines is 1. The molecule has 3 rings (SSSR count). The van der Waals surface area contributed by atoms with Crippen molar-refractivity contribution in [3.05, 3.63) is 47.7 Å². The first-order valence-corrected chi connectivity index (χ1v) is 9.94. The van der Waals surface area contributed by atoms with E-state index in [1.807, 2.05) is 30.5 Å². The van der Waals surface area contributed by atoms with E-state index in [1.54, 1.807) is 37.7 Å². The van der Waals surface area contributed by atoms with Crippen molar-refractivity contribution < 1.29 is 9.53 Å². The van der Waals surface area contributed by atoms with Gasteiger partial charge < -0.3 is 14.6 Å².